The first-order valence-corrected chi connectivity index (χ1v) is 9.99. The molecule has 26 heavy (non-hydrogen) atoms. The summed E-state index contributed by atoms with van der Waals surface area (Å²) in [6.45, 7) is 2.03. The molecule has 0 aliphatic carbocycles. The molecule has 4 nitrogen and oxygen atoms in total. The molecule has 1 fully saturated rings. The van der Waals surface area contributed by atoms with E-state index in [0.717, 1.165) is 28.8 Å². The number of hydrogen-bond acceptors (Lipinski definition) is 4. The van der Waals surface area contributed by atoms with Crippen molar-refractivity contribution in [2.24, 2.45) is 5.73 Å². The lowest BCUT2D eigenvalue weighted by atomic mass is 9.94. The molecule has 0 spiro atoms. The Labute approximate surface area is 158 Å². The van der Waals surface area contributed by atoms with Gasteiger partial charge in [0.2, 0.25) is 5.91 Å². The second-order valence-corrected chi connectivity index (χ2v) is 8.79. The molecular formula is C21H24N2O2S. The molecule has 3 heterocycles. The van der Waals surface area contributed by atoms with Gasteiger partial charge in [-0.2, -0.15) is 0 Å². The number of carbonyl (C=O) groups excluding carboxylic acids is 2. The van der Waals surface area contributed by atoms with Crippen molar-refractivity contribution in [3.63, 3.8) is 0 Å². The van der Waals surface area contributed by atoms with Crippen molar-refractivity contribution in [1.82, 2.24) is 4.90 Å². The third-order valence-corrected chi connectivity index (χ3v) is 7.04. The van der Waals surface area contributed by atoms with Crippen molar-refractivity contribution in [3.05, 3.63) is 56.3 Å². The number of aryl methyl sites for hydroxylation is 1. The molecule has 136 valence electrons. The Hall–Kier alpha value is -1.98. The Balaban J connectivity index is 1.60. The van der Waals surface area contributed by atoms with Gasteiger partial charge in [0.05, 0.1) is 5.56 Å². The van der Waals surface area contributed by atoms with Gasteiger partial charge in [0, 0.05) is 34.7 Å². The summed E-state index contributed by atoms with van der Waals surface area (Å²) >= 11 is 1.63. The Morgan fingerprint density at radius 2 is 1.92 bits per heavy atom. The van der Waals surface area contributed by atoms with E-state index in [9.17, 15) is 9.59 Å². The van der Waals surface area contributed by atoms with Gasteiger partial charge in [-0.05, 0) is 44.4 Å². The number of hydrogen-bond donors (Lipinski definition) is 1. The van der Waals surface area contributed by atoms with Crippen LogP contribution in [0.5, 0.6) is 0 Å². The summed E-state index contributed by atoms with van der Waals surface area (Å²) in [7, 11) is 2.13. The summed E-state index contributed by atoms with van der Waals surface area (Å²) < 4.78 is 0. The lowest BCUT2D eigenvalue weighted by molar-refractivity contribution is -0.117. The molecule has 2 aliphatic rings. The maximum Gasteiger partial charge on any atom is 0.250 e. The van der Waals surface area contributed by atoms with Gasteiger partial charge in [0.1, 0.15) is 5.78 Å². The Morgan fingerprint density at radius 1 is 1.19 bits per heavy atom. The van der Waals surface area contributed by atoms with E-state index in [2.05, 4.69) is 11.9 Å². The summed E-state index contributed by atoms with van der Waals surface area (Å²) in [5.74, 6) is -0.257. The number of ketones is 1. The number of primary amides is 1. The van der Waals surface area contributed by atoms with Crippen molar-refractivity contribution in [3.8, 4) is 0 Å². The number of nitrogens with two attached hydrogens (primary N) is 1. The molecule has 0 radical (unpaired) electrons. The zero-order chi connectivity index (χ0) is 18.4. The number of rotatable bonds is 5. The average molecular weight is 369 g/mol. The number of fused-ring (bicyclic) bond motifs is 4. The molecule has 1 saturated heterocycles. The number of nitrogens with zero attached hydrogens (tertiary/aromatic N) is 1. The van der Waals surface area contributed by atoms with Crippen molar-refractivity contribution in [1.29, 1.82) is 0 Å². The quantitative estimate of drug-likeness (QED) is 0.881. The summed E-state index contributed by atoms with van der Waals surface area (Å²) in [6.07, 6.45) is 3.90. The van der Waals surface area contributed by atoms with Crippen LogP contribution in [-0.2, 0) is 24.1 Å². The highest BCUT2D eigenvalue weighted by atomic mass is 32.1. The van der Waals surface area contributed by atoms with Crippen molar-refractivity contribution < 1.29 is 9.59 Å². The summed E-state index contributed by atoms with van der Waals surface area (Å²) in [5, 5.41) is 0. The van der Waals surface area contributed by atoms with E-state index < -0.39 is 0 Å². The van der Waals surface area contributed by atoms with Crippen LogP contribution in [0.1, 0.15) is 55.7 Å². The number of benzene rings is 1. The average Bonchev–Trinajstić information content (AvgIpc) is 3.05. The van der Waals surface area contributed by atoms with Gasteiger partial charge in [-0.25, -0.2) is 0 Å². The van der Waals surface area contributed by atoms with Gasteiger partial charge in [-0.15, -0.1) is 11.3 Å². The van der Waals surface area contributed by atoms with Gasteiger partial charge in [0.25, 0.3) is 0 Å². The first-order chi connectivity index (χ1) is 12.4. The van der Waals surface area contributed by atoms with Crippen molar-refractivity contribution in [2.75, 3.05) is 7.05 Å². The molecule has 1 aromatic carbocycles. The molecule has 2 bridgehead atoms. The largest absolute Gasteiger partial charge is 0.366 e. The fraction of sp³-hybridized carbons (Fsp3) is 0.429. The van der Waals surface area contributed by atoms with E-state index in [1.54, 1.807) is 11.3 Å². The third-order valence-electron chi connectivity index (χ3n) is 5.82. The standard InChI is InChI=1S/C21H24N2O2S/c1-12-3-5-13(6-4-12)9-15(24)11-18-20(21(22)25)19-16-8-7-14(23(16)2)10-17(19)26-18/h3-6,14,16H,7-11H2,1-2H3,(H2,22,25). The molecule has 1 aromatic heterocycles. The number of Topliss-reactive ketones (excluding diaryl/α,β-unsaturated/α-hetero) is 1. The molecule has 0 saturated carbocycles. The van der Waals surface area contributed by atoms with Crippen molar-refractivity contribution in [2.45, 2.75) is 51.1 Å². The first-order valence-electron chi connectivity index (χ1n) is 9.17. The fourth-order valence-electron chi connectivity index (χ4n) is 4.44. The van der Waals surface area contributed by atoms with Crippen LogP contribution < -0.4 is 5.73 Å². The summed E-state index contributed by atoms with van der Waals surface area (Å²) in [6, 6.07) is 8.87. The van der Waals surface area contributed by atoms with Crippen LogP contribution in [0, 0.1) is 6.92 Å². The predicted octanol–water partition coefficient (Wildman–Crippen LogP) is 3.20. The smallest absolute Gasteiger partial charge is 0.250 e. The zero-order valence-corrected chi connectivity index (χ0v) is 16.1. The Morgan fingerprint density at radius 3 is 2.62 bits per heavy atom. The highest BCUT2D eigenvalue weighted by molar-refractivity contribution is 7.12. The Kier molecular flexibility index (Phi) is 4.45. The minimum absolute atomic E-state index is 0.133. The lowest BCUT2D eigenvalue weighted by Gasteiger charge is -2.31. The SMILES string of the molecule is Cc1ccc(CC(=O)Cc2sc3c(c2C(N)=O)C2CCC(C3)N2C)cc1. The molecule has 4 rings (SSSR count). The number of thiophene rings is 1. The van der Waals surface area contributed by atoms with Crippen LogP contribution in [0.15, 0.2) is 24.3 Å². The molecular weight excluding hydrogens is 344 g/mol. The van der Waals surface area contributed by atoms with Crippen LogP contribution in [-0.4, -0.2) is 29.7 Å². The minimum atomic E-state index is -0.389. The van der Waals surface area contributed by atoms with Crippen LogP contribution >= 0.6 is 11.3 Å². The molecule has 2 N–H and O–H groups in total. The minimum Gasteiger partial charge on any atom is -0.366 e. The zero-order valence-electron chi connectivity index (χ0n) is 15.2. The monoisotopic (exact) mass is 368 g/mol. The predicted molar refractivity (Wildman–Crippen MR) is 104 cm³/mol. The molecule has 2 aliphatic heterocycles. The molecule has 2 aromatic rings. The van der Waals surface area contributed by atoms with Gasteiger partial charge in [-0.1, -0.05) is 29.8 Å². The summed E-state index contributed by atoms with van der Waals surface area (Å²) in [5.41, 5.74) is 9.67. The van der Waals surface area contributed by atoms with Gasteiger partial charge >= 0.3 is 0 Å². The van der Waals surface area contributed by atoms with Gasteiger partial charge < -0.3 is 5.73 Å². The van der Waals surface area contributed by atoms with E-state index in [4.69, 9.17) is 5.73 Å². The molecule has 1 amide bonds. The highest BCUT2D eigenvalue weighted by Crippen LogP contribution is 2.48. The van der Waals surface area contributed by atoms with Gasteiger partial charge in [-0.3, -0.25) is 14.5 Å². The first kappa shape index (κ1) is 17.4. The molecule has 5 heteroatoms. The van der Waals surface area contributed by atoms with Crippen LogP contribution in [0.4, 0.5) is 0 Å². The van der Waals surface area contributed by atoms with E-state index >= 15 is 0 Å². The summed E-state index contributed by atoms with van der Waals surface area (Å²) in [4.78, 5) is 29.3. The normalized spacial score (nSPS) is 21.6. The second kappa shape index (κ2) is 6.63. The lowest BCUT2D eigenvalue weighted by Crippen LogP contribution is -2.34. The van der Waals surface area contributed by atoms with Crippen LogP contribution in [0.25, 0.3) is 0 Å². The maximum atomic E-state index is 12.6. The van der Waals surface area contributed by atoms with Crippen LogP contribution in [0.2, 0.25) is 0 Å². The number of carbonyl (C=O) groups is 2. The van der Waals surface area contributed by atoms with E-state index in [-0.39, 0.29) is 17.7 Å². The van der Waals surface area contributed by atoms with E-state index in [1.807, 2.05) is 31.2 Å². The Bertz CT molecular complexity index is 869. The van der Waals surface area contributed by atoms with Crippen LogP contribution in [0.3, 0.4) is 0 Å². The molecule has 2 unspecified atom stereocenters. The van der Waals surface area contributed by atoms with Crippen molar-refractivity contribution >= 4 is 23.0 Å². The fourth-order valence-corrected chi connectivity index (χ4v) is 5.91. The van der Waals surface area contributed by atoms with Gasteiger partial charge in [0.15, 0.2) is 0 Å². The highest BCUT2D eigenvalue weighted by Gasteiger charge is 2.41. The second-order valence-electron chi connectivity index (χ2n) is 7.60. The third kappa shape index (κ3) is 2.99. The van der Waals surface area contributed by atoms with E-state index in [0.29, 0.717) is 24.4 Å². The maximum absolute atomic E-state index is 12.6. The number of amides is 1. The molecule has 2 atom stereocenters. The topological polar surface area (TPSA) is 63.4 Å². The number of likely N-dealkylation sites (N-methyl/N-ethyl adjacent to an activating group) is 1. The van der Waals surface area contributed by atoms with E-state index in [1.165, 1.54) is 16.9 Å².